The predicted octanol–water partition coefficient (Wildman–Crippen LogP) is 1.19. The number of carbonyl (C=O) groups excluding carboxylic acids is 1. The van der Waals surface area contributed by atoms with Crippen LogP contribution in [0.1, 0.15) is 18.4 Å². The zero-order chi connectivity index (χ0) is 13.0. The molecule has 3 N–H and O–H groups in total. The second-order valence-corrected chi connectivity index (χ2v) is 4.44. The van der Waals surface area contributed by atoms with Crippen molar-refractivity contribution >= 4 is 5.91 Å². The highest BCUT2D eigenvalue weighted by atomic mass is 19.1. The minimum Gasteiger partial charge on any atom is -0.493 e. The molecule has 1 unspecified atom stereocenters. The number of nitrogens with one attached hydrogen (secondary N) is 1. The minimum absolute atomic E-state index is 0.0492. The third-order valence-corrected chi connectivity index (χ3v) is 3.10. The van der Waals surface area contributed by atoms with Gasteiger partial charge in [0.25, 0.3) is 0 Å². The molecule has 0 saturated carbocycles. The summed E-state index contributed by atoms with van der Waals surface area (Å²) in [6.07, 6.45) is 1.35. The Labute approximate surface area is 105 Å². The molecule has 1 aromatic rings. The first kappa shape index (κ1) is 12.8. The molecule has 98 valence electrons. The van der Waals surface area contributed by atoms with Crippen molar-refractivity contribution < 1.29 is 13.9 Å². The van der Waals surface area contributed by atoms with E-state index in [1.54, 1.807) is 12.1 Å². The highest BCUT2D eigenvalue weighted by molar-refractivity contribution is 5.76. The third-order valence-electron chi connectivity index (χ3n) is 3.10. The van der Waals surface area contributed by atoms with Crippen LogP contribution < -0.4 is 15.8 Å². The van der Waals surface area contributed by atoms with Crippen molar-refractivity contribution in [2.24, 2.45) is 11.7 Å². The van der Waals surface area contributed by atoms with Crippen molar-refractivity contribution in [1.82, 2.24) is 5.32 Å². The summed E-state index contributed by atoms with van der Waals surface area (Å²) in [5.41, 5.74) is 5.88. The molecule has 1 aliphatic heterocycles. The van der Waals surface area contributed by atoms with Crippen LogP contribution in [-0.4, -0.2) is 19.1 Å². The Morgan fingerprint density at radius 2 is 2.33 bits per heavy atom. The van der Waals surface area contributed by atoms with Gasteiger partial charge in [-0.3, -0.25) is 4.79 Å². The highest BCUT2D eigenvalue weighted by Gasteiger charge is 2.20. The van der Waals surface area contributed by atoms with E-state index in [1.165, 1.54) is 6.07 Å². The van der Waals surface area contributed by atoms with Crippen LogP contribution in [-0.2, 0) is 11.3 Å². The third kappa shape index (κ3) is 2.98. The molecule has 0 radical (unpaired) electrons. The lowest BCUT2D eigenvalue weighted by molar-refractivity contribution is -0.123. The van der Waals surface area contributed by atoms with Gasteiger partial charge in [0.05, 0.1) is 6.61 Å². The van der Waals surface area contributed by atoms with Gasteiger partial charge in [-0.1, -0.05) is 6.07 Å². The summed E-state index contributed by atoms with van der Waals surface area (Å²) in [7, 11) is 0. The monoisotopic (exact) mass is 252 g/mol. The fourth-order valence-electron chi connectivity index (χ4n) is 2.07. The molecule has 4 nitrogen and oxygen atoms in total. The van der Waals surface area contributed by atoms with Gasteiger partial charge in [-0.05, 0) is 18.6 Å². The second kappa shape index (κ2) is 5.82. The summed E-state index contributed by atoms with van der Waals surface area (Å²) in [4.78, 5) is 11.2. The molecule has 1 atom stereocenters. The fourth-order valence-corrected chi connectivity index (χ4v) is 2.07. The smallest absolute Gasteiger partial charge is 0.220 e. The van der Waals surface area contributed by atoms with Crippen molar-refractivity contribution in [2.45, 2.75) is 19.4 Å². The first-order chi connectivity index (χ1) is 8.70. The van der Waals surface area contributed by atoms with Gasteiger partial charge >= 0.3 is 0 Å². The number of amides is 1. The van der Waals surface area contributed by atoms with Crippen LogP contribution >= 0.6 is 0 Å². The van der Waals surface area contributed by atoms with Crippen molar-refractivity contribution in [3.63, 3.8) is 0 Å². The summed E-state index contributed by atoms with van der Waals surface area (Å²) in [5.74, 6) is 0.362. The van der Waals surface area contributed by atoms with E-state index < -0.39 is 0 Å². The van der Waals surface area contributed by atoms with E-state index in [1.807, 2.05) is 0 Å². The number of nitrogens with two attached hydrogens (primary N) is 1. The average Bonchev–Trinajstić information content (AvgIpc) is 2.36. The van der Waals surface area contributed by atoms with E-state index in [-0.39, 0.29) is 24.2 Å². The molecular weight excluding hydrogens is 235 g/mol. The molecule has 1 aliphatic rings. The number of hydrogen-bond acceptors (Lipinski definition) is 3. The Bertz CT molecular complexity index is 437. The molecule has 1 aromatic carbocycles. The molecule has 5 heteroatoms. The lowest BCUT2D eigenvalue weighted by Crippen LogP contribution is -2.35. The molecule has 0 spiro atoms. The van der Waals surface area contributed by atoms with Gasteiger partial charge in [-0.25, -0.2) is 4.39 Å². The van der Waals surface area contributed by atoms with Crippen LogP contribution in [0.25, 0.3) is 0 Å². The molecule has 1 saturated heterocycles. The molecule has 0 bridgehead atoms. The van der Waals surface area contributed by atoms with Crippen LogP contribution in [0.2, 0.25) is 0 Å². The lowest BCUT2D eigenvalue weighted by Gasteiger charge is -2.22. The van der Waals surface area contributed by atoms with Crippen LogP contribution in [0.5, 0.6) is 5.75 Å². The zero-order valence-electron chi connectivity index (χ0n) is 10.1. The Balaban J connectivity index is 1.97. The Morgan fingerprint density at radius 1 is 1.50 bits per heavy atom. The number of carbonyl (C=O) groups is 1. The first-order valence-electron chi connectivity index (χ1n) is 6.07. The number of ether oxygens (including phenoxy) is 1. The predicted molar refractivity (Wildman–Crippen MR) is 65.5 cm³/mol. The van der Waals surface area contributed by atoms with Gasteiger partial charge in [0.1, 0.15) is 11.6 Å². The maximum atomic E-state index is 13.5. The molecule has 2 rings (SSSR count). The normalized spacial score (nSPS) is 19.4. The van der Waals surface area contributed by atoms with Crippen molar-refractivity contribution in [3.05, 3.63) is 29.6 Å². The number of rotatable bonds is 4. The molecule has 1 fully saturated rings. The maximum absolute atomic E-state index is 13.5. The van der Waals surface area contributed by atoms with Crippen LogP contribution in [0.3, 0.4) is 0 Å². The summed E-state index contributed by atoms with van der Waals surface area (Å²) in [6.45, 7) is 1.21. The van der Waals surface area contributed by atoms with E-state index in [9.17, 15) is 9.18 Å². The Kier molecular flexibility index (Phi) is 4.15. The van der Waals surface area contributed by atoms with Gasteiger partial charge in [0, 0.05) is 31.0 Å². The number of piperidine rings is 1. The van der Waals surface area contributed by atoms with Crippen molar-refractivity contribution in [3.8, 4) is 5.75 Å². The standard InChI is InChI=1S/C13H17FN2O2/c14-11-2-1-3-12(10(11)7-15)18-8-9-4-5-16-13(17)6-9/h1-3,9H,4-8,15H2,(H,16,17). The number of halogens is 1. The number of hydrogen-bond donors (Lipinski definition) is 2. The van der Waals surface area contributed by atoms with Gasteiger partial charge in [0.2, 0.25) is 5.91 Å². The molecular formula is C13H17FN2O2. The van der Waals surface area contributed by atoms with Gasteiger partial charge in [-0.2, -0.15) is 0 Å². The minimum atomic E-state index is -0.351. The lowest BCUT2D eigenvalue weighted by atomic mass is 9.99. The van der Waals surface area contributed by atoms with Crippen LogP contribution in [0, 0.1) is 11.7 Å². The van der Waals surface area contributed by atoms with Gasteiger partial charge < -0.3 is 15.8 Å². The summed E-state index contributed by atoms with van der Waals surface area (Å²) in [5, 5.41) is 2.77. The quantitative estimate of drug-likeness (QED) is 0.846. The van der Waals surface area contributed by atoms with Crippen LogP contribution in [0.4, 0.5) is 4.39 Å². The first-order valence-corrected chi connectivity index (χ1v) is 6.07. The topological polar surface area (TPSA) is 64.3 Å². The van der Waals surface area contributed by atoms with E-state index >= 15 is 0 Å². The van der Waals surface area contributed by atoms with E-state index in [0.29, 0.717) is 30.9 Å². The molecule has 1 amide bonds. The van der Waals surface area contributed by atoms with Crippen LogP contribution in [0.15, 0.2) is 18.2 Å². The average molecular weight is 252 g/mol. The number of benzene rings is 1. The summed E-state index contributed by atoms with van der Waals surface area (Å²) >= 11 is 0. The van der Waals surface area contributed by atoms with Crippen molar-refractivity contribution in [2.75, 3.05) is 13.2 Å². The Morgan fingerprint density at radius 3 is 3.06 bits per heavy atom. The zero-order valence-corrected chi connectivity index (χ0v) is 10.1. The molecule has 0 aliphatic carbocycles. The largest absolute Gasteiger partial charge is 0.493 e. The van der Waals surface area contributed by atoms with E-state index in [2.05, 4.69) is 5.32 Å². The van der Waals surface area contributed by atoms with E-state index in [4.69, 9.17) is 10.5 Å². The molecule has 1 heterocycles. The Hall–Kier alpha value is -1.62. The van der Waals surface area contributed by atoms with Gasteiger partial charge in [0.15, 0.2) is 0 Å². The highest BCUT2D eigenvalue weighted by Crippen LogP contribution is 2.22. The fraction of sp³-hybridized carbons (Fsp3) is 0.462. The molecule has 0 aromatic heterocycles. The SMILES string of the molecule is NCc1c(F)cccc1OCC1CCNC(=O)C1. The summed E-state index contributed by atoms with van der Waals surface area (Å²) < 4.78 is 19.1. The molecule has 18 heavy (non-hydrogen) atoms. The maximum Gasteiger partial charge on any atom is 0.220 e. The summed E-state index contributed by atoms with van der Waals surface area (Å²) in [6, 6.07) is 4.66. The van der Waals surface area contributed by atoms with Gasteiger partial charge in [-0.15, -0.1) is 0 Å². The van der Waals surface area contributed by atoms with E-state index in [0.717, 1.165) is 6.42 Å². The second-order valence-electron chi connectivity index (χ2n) is 4.44. The van der Waals surface area contributed by atoms with Crippen molar-refractivity contribution in [1.29, 1.82) is 0 Å².